The Morgan fingerprint density at radius 2 is 1.67 bits per heavy atom. The summed E-state index contributed by atoms with van der Waals surface area (Å²) in [4.78, 5) is 20.4. The Balaban J connectivity index is 0.000000972. The first-order chi connectivity index (χ1) is 12.9. The van der Waals surface area contributed by atoms with E-state index in [0.29, 0.717) is 6.61 Å². The second kappa shape index (κ2) is 14.1. The van der Waals surface area contributed by atoms with Gasteiger partial charge in [-0.3, -0.25) is 4.90 Å². The topological polar surface area (TPSA) is 96.3 Å². The minimum absolute atomic E-state index is 0.623. The van der Waals surface area contributed by atoms with Gasteiger partial charge in [-0.05, 0) is 24.6 Å². The van der Waals surface area contributed by atoms with Crippen LogP contribution in [0, 0.1) is 0 Å². The molecule has 7 heteroatoms. The second-order valence-electron chi connectivity index (χ2n) is 5.26. The third kappa shape index (κ3) is 10.5. The molecule has 0 saturated carbocycles. The number of carbonyl (C=O) groups is 2. The number of carboxylic acid groups (broad SMARTS) is 2. The lowest BCUT2D eigenvalue weighted by Gasteiger charge is -2.19. The summed E-state index contributed by atoms with van der Waals surface area (Å²) in [7, 11) is 1.66. The van der Waals surface area contributed by atoms with E-state index in [1.807, 2.05) is 36.4 Å². The zero-order chi connectivity index (χ0) is 20.7. The lowest BCUT2D eigenvalue weighted by molar-refractivity contribution is -0.159. The molecule has 0 unspecified atom stereocenters. The van der Waals surface area contributed by atoms with Gasteiger partial charge >= 0.3 is 11.9 Å². The third-order valence-corrected chi connectivity index (χ3v) is 3.25. The molecule has 27 heavy (non-hydrogen) atoms. The van der Waals surface area contributed by atoms with E-state index in [1.165, 1.54) is 0 Å². The number of nitrogens with zero attached hydrogens (tertiary/aromatic N) is 1. The van der Waals surface area contributed by atoms with Crippen LogP contribution in [0.1, 0.15) is 5.56 Å². The molecule has 0 fully saturated rings. The van der Waals surface area contributed by atoms with Crippen LogP contribution in [-0.2, 0) is 16.0 Å². The maximum absolute atomic E-state index is 9.10. The molecule has 0 radical (unpaired) electrons. The van der Waals surface area contributed by atoms with Gasteiger partial charge in [-0.1, -0.05) is 18.2 Å². The van der Waals surface area contributed by atoms with Crippen molar-refractivity contribution in [3.8, 4) is 11.5 Å². The van der Waals surface area contributed by atoms with Crippen molar-refractivity contribution in [2.75, 3.05) is 33.4 Å². The summed E-state index contributed by atoms with van der Waals surface area (Å²) in [6.45, 7) is 14.4. The predicted molar refractivity (Wildman–Crippen MR) is 104 cm³/mol. The molecule has 1 aromatic rings. The fourth-order valence-electron chi connectivity index (χ4n) is 2.05. The smallest absolute Gasteiger partial charge is 0.414 e. The van der Waals surface area contributed by atoms with E-state index >= 15 is 0 Å². The van der Waals surface area contributed by atoms with E-state index < -0.39 is 11.9 Å². The largest absolute Gasteiger partial charge is 0.497 e. The van der Waals surface area contributed by atoms with Crippen molar-refractivity contribution in [3.05, 3.63) is 61.7 Å². The molecule has 0 aliphatic carbocycles. The summed E-state index contributed by atoms with van der Waals surface area (Å²) < 4.78 is 11.1. The van der Waals surface area contributed by atoms with Gasteiger partial charge in [-0.25, -0.2) is 9.59 Å². The van der Waals surface area contributed by atoms with Crippen LogP contribution < -0.4 is 9.47 Å². The Hall–Kier alpha value is -3.06. The van der Waals surface area contributed by atoms with Gasteiger partial charge in [-0.15, -0.1) is 19.7 Å². The van der Waals surface area contributed by atoms with Crippen LogP contribution in [0.15, 0.2) is 56.2 Å². The predicted octanol–water partition coefficient (Wildman–Crippen LogP) is 2.63. The maximum Gasteiger partial charge on any atom is 0.414 e. The number of methoxy groups -OCH3 is 1. The first-order valence-corrected chi connectivity index (χ1v) is 8.20. The molecule has 0 amide bonds. The van der Waals surface area contributed by atoms with Crippen molar-refractivity contribution < 1.29 is 29.3 Å². The normalized spacial score (nSPS) is 9.56. The van der Waals surface area contributed by atoms with Gasteiger partial charge in [0.1, 0.15) is 18.1 Å². The van der Waals surface area contributed by atoms with E-state index in [-0.39, 0.29) is 0 Å². The number of allylic oxidation sites excluding steroid dienone is 1. The Bertz CT molecular complexity index is 619. The number of aliphatic carboxylic acids is 2. The minimum Gasteiger partial charge on any atom is -0.497 e. The third-order valence-electron chi connectivity index (χ3n) is 3.25. The zero-order valence-electron chi connectivity index (χ0n) is 15.6. The Kier molecular flexibility index (Phi) is 12.5. The van der Waals surface area contributed by atoms with E-state index in [1.54, 1.807) is 7.11 Å². The zero-order valence-corrected chi connectivity index (χ0v) is 15.6. The molecule has 148 valence electrons. The molecular weight excluding hydrogens is 350 g/mol. The van der Waals surface area contributed by atoms with Crippen LogP contribution >= 0.6 is 0 Å². The van der Waals surface area contributed by atoms with Gasteiger partial charge in [0, 0.05) is 25.2 Å². The first-order valence-electron chi connectivity index (χ1n) is 8.20. The van der Waals surface area contributed by atoms with Gasteiger partial charge in [0.25, 0.3) is 0 Å². The molecule has 0 aliphatic heterocycles. The highest BCUT2D eigenvalue weighted by molar-refractivity contribution is 6.27. The molecule has 2 N–H and O–H groups in total. The molecular formula is C20H27NO6. The summed E-state index contributed by atoms with van der Waals surface area (Å²) in [6.07, 6.45) is 6.40. The highest BCUT2D eigenvalue weighted by atomic mass is 16.5. The number of rotatable bonds is 11. The standard InChI is InChI=1S/C18H25NO2.C2H2O4/c1-5-8-16-15-17(20-4)9-10-18(16)21-14-13-19(11-6-2)12-7-3;3-1(4)2(5)6/h5-7,9-10,15H,1-3,8,11-14H2,4H3;(H,3,4)(H,5,6). The molecule has 1 aromatic carbocycles. The van der Waals surface area contributed by atoms with Gasteiger partial charge in [0.15, 0.2) is 0 Å². The van der Waals surface area contributed by atoms with Crippen molar-refractivity contribution >= 4 is 11.9 Å². The highest BCUT2D eigenvalue weighted by Gasteiger charge is 2.06. The van der Waals surface area contributed by atoms with Gasteiger partial charge in [0.2, 0.25) is 0 Å². The molecule has 7 nitrogen and oxygen atoms in total. The van der Waals surface area contributed by atoms with E-state index in [9.17, 15) is 0 Å². The Labute approximate surface area is 159 Å². The average molecular weight is 377 g/mol. The summed E-state index contributed by atoms with van der Waals surface area (Å²) in [5, 5.41) is 14.8. The molecule has 0 spiro atoms. The number of benzene rings is 1. The summed E-state index contributed by atoms with van der Waals surface area (Å²) >= 11 is 0. The van der Waals surface area contributed by atoms with Crippen LogP contribution in [0.2, 0.25) is 0 Å². The number of carboxylic acids is 2. The van der Waals surface area contributed by atoms with Crippen LogP contribution in [-0.4, -0.2) is 60.4 Å². The average Bonchev–Trinajstić information content (AvgIpc) is 2.63. The highest BCUT2D eigenvalue weighted by Crippen LogP contribution is 2.24. The van der Waals surface area contributed by atoms with Crippen molar-refractivity contribution in [2.45, 2.75) is 6.42 Å². The fraction of sp³-hybridized carbons (Fsp3) is 0.300. The summed E-state index contributed by atoms with van der Waals surface area (Å²) in [5.74, 6) is -1.93. The molecule has 1 rings (SSSR count). The molecule has 0 aromatic heterocycles. The first kappa shape index (κ1) is 23.9. The van der Waals surface area contributed by atoms with Crippen LogP contribution in [0.25, 0.3) is 0 Å². The number of ether oxygens (including phenoxy) is 2. The quantitative estimate of drug-likeness (QED) is 0.452. The monoisotopic (exact) mass is 377 g/mol. The molecule has 0 aliphatic rings. The summed E-state index contributed by atoms with van der Waals surface area (Å²) in [5.41, 5.74) is 1.09. The van der Waals surface area contributed by atoms with E-state index in [2.05, 4.69) is 24.6 Å². The van der Waals surface area contributed by atoms with Crippen molar-refractivity contribution in [1.82, 2.24) is 4.90 Å². The lowest BCUT2D eigenvalue weighted by Crippen LogP contribution is -2.28. The Morgan fingerprint density at radius 3 is 2.11 bits per heavy atom. The summed E-state index contributed by atoms with van der Waals surface area (Å²) in [6, 6.07) is 5.85. The van der Waals surface area contributed by atoms with Crippen molar-refractivity contribution in [3.63, 3.8) is 0 Å². The fourth-order valence-corrected chi connectivity index (χ4v) is 2.05. The SMILES string of the molecule is C=CCc1cc(OC)ccc1OCCN(CC=C)CC=C.O=C(O)C(=O)O. The Morgan fingerprint density at radius 1 is 1.07 bits per heavy atom. The van der Waals surface area contributed by atoms with Crippen LogP contribution in [0.3, 0.4) is 0 Å². The lowest BCUT2D eigenvalue weighted by atomic mass is 10.1. The molecule has 0 saturated heterocycles. The number of hydrogen-bond acceptors (Lipinski definition) is 5. The van der Waals surface area contributed by atoms with Crippen LogP contribution in [0.5, 0.6) is 11.5 Å². The van der Waals surface area contributed by atoms with Crippen molar-refractivity contribution in [1.29, 1.82) is 0 Å². The molecule has 0 atom stereocenters. The molecule has 0 heterocycles. The number of hydrogen-bond donors (Lipinski definition) is 2. The van der Waals surface area contributed by atoms with E-state index in [0.717, 1.165) is 43.1 Å². The second-order valence-corrected chi connectivity index (χ2v) is 5.26. The van der Waals surface area contributed by atoms with E-state index in [4.69, 9.17) is 29.3 Å². The van der Waals surface area contributed by atoms with Gasteiger partial charge < -0.3 is 19.7 Å². The molecule has 0 bridgehead atoms. The van der Waals surface area contributed by atoms with Crippen molar-refractivity contribution in [2.24, 2.45) is 0 Å². The van der Waals surface area contributed by atoms with Gasteiger partial charge in [-0.2, -0.15) is 0 Å². The van der Waals surface area contributed by atoms with Gasteiger partial charge in [0.05, 0.1) is 7.11 Å². The maximum atomic E-state index is 9.10. The minimum atomic E-state index is -1.82. The van der Waals surface area contributed by atoms with Crippen LogP contribution in [0.4, 0.5) is 0 Å².